The van der Waals surface area contributed by atoms with Gasteiger partial charge in [-0.1, -0.05) is 46.5 Å². The maximum absolute atomic E-state index is 6.71. The van der Waals surface area contributed by atoms with Crippen LogP contribution in [0.15, 0.2) is 0 Å². The van der Waals surface area contributed by atoms with Gasteiger partial charge in [-0.25, -0.2) is 0 Å². The van der Waals surface area contributed by atoms with Gasteiger partial charge in [-0.15, -0.1) is 22.2 Å². The van der Waals surface area contributed by atoms with Gasteiger partial charge in [-0.3, -0.25) is 0 Å². The van der Waals surface area contributed by atoms with E-state index in [1.165, 1.54) is 32.1 Å². The molecule has 0 radical (unpaired) electrons. The van der Waals surface area contributed by atoms with Gasteiger partial charge in [0.15, 0.2) is 0 Å². The van der Waals surface area contributed by atoms with Gasteiger partial charge in [0.05, 0.1) is 0 Å². The molecular weight excluding hydrogens is 231 g/mol. The summed E-state index contributed by atoms with van der Waals surface area (Å²) < 4.78 is 0. The Morgan fingerprint density at radius 2 is 1.71 bits per heavy atom. The first-order valence-corrected chi connectivity index (χ1v) is 9.92. The minimum Gasteiger partial charge on any atom is -0.145 e. The lowest BCUT2D eigenvalue weighted by Crippen LogP contribution is -2.41. The molecule has 0 aromatic heterocycles. The van der Waals surface area contributed by atoms with Crippen LogP contribution in [-0.2, 0) is 0 Å². The predicted octanol–water partition coefficient (Wildman–Crippen LogP) is 5.43. The van der Waals surface area contributed by atoms with Crippen molar-refractivity contribution in [2.24, 2.45) is 0 Å². The van der Waals surface area contributed by atoms with Crippen molar-refractivity contribution in [3.63, 3.8) is 0 Å². The van der Waals surface area contributed by atoms with Gasteiger partial charge in [-0.2, -0.15) is 0 Å². The van der Waals surface area contributed by atoms with Gasteiger partial charge in [0.1, 0.15) is 0 Å². The van der Waals surface area contributed by atoms with Crippen molar-refractivity contribution in [3.05, 3.63) is 0 Å². The standard InChI is InChI=1S/C11H22Cl2Si/c1-4-10(2)14(12,13)11(3)8-6-5-7-9-11/h10H,4-9H2,1-3H3. The number of rotatable bonds is 3. The third-order valence-electron chi connectivity index (χ3n) is 3.99. The summed E-state index contributed by atoms with van der Waals surface area (Å²) in [6, 6.07) is 0. The van der Waals surface area contributed by atoms with E-state index in [4.69, 9.17) is 22.2 Å². The first kappa shape index (κ1) is 12.9. The average molecular weight is 253 g/mol. The quantitative estimate of drug-likeness (QED) is 0.464. The molecule has 84 valence electrons. The highest BCUT2D eigenvalue weighted by Crippen LogP contribution is 2.58. The largest absolute Gasteiger partial charge is 0.259 e. The monoisotopic (exact) mass is 252 g/mol. The molecule has 3 heteroatoms. The van der Waals surface area contributed by atoms with Crippen LogP contribution in [0.25, 0.3) is 0 Å². The Morgan fingerprint density at radius 3 is 2.14 bits per heavy atom. The van der Waals surface area contributed by atoms with E-state index in [-0.39, 0.29) is 5.04 Å². The minimum absolute atomic E-state index is 0.268. The van der Waals surface area contributed by atoms with E-state index < -0.39 is 6.69 Å². The van der Waals surface area contributed by atoms with E-state index in [9.17, 15) is 0 Å². The van der Waals surface area contributed by atoms with Gasteiger partial charge in [-0.05, 0) is 23.4 Å². The van der Waals surface area contributed by atoms with Crippen LogP contribution in [0.4, 0.5) is 0 Å². The van der Waals surface area contributed by atoms with E-state index >= 15 is 0 Å². The molecule has 1 atom stereocenters. The Hall–Kier alpha value is 0.797. The second-order valence-corrected chi connectivity index (χ2v) is 12.6. The Labute approximate surface area is 98.8 Å². The Balaban J connectivity index is 2.77. The fourth-order valence-electron chi connectivity index (χ4n) is 2.52. The smallest absolute Gasteiger partial charge is 0.145 e. The molecule has 0 saturated heterocycles. The van der Waals surface area contributed by atoms with Crippen molar-refractivity contribution in [2.75, 3.05) is 0 Å². The molecule has 1 rings (SSSR count). The van der Waals surface area contributed by atoms with Crippen molar-refractivity contribution >= 4 is 28.9 Å². The summed E-state index contributed by atoms with van der Waals surface area (Å²) in [5, 5.41) is 0.268. The highest BCUT2D eigenvalue weighted by molar-refractivity contribution is 7.47. The molecule has 0 spiro atoms. The zero-order chi connectivity index (χ0) is 10.8. The summed E-state index contributed by atoms with van der Waals surface area (Å²) in [5.41, 5.74) is 0.522. The SMILES string of the molecule is CCC(C)[Si](Cl)(Cl)C1(C)CCCCC1. The number of hydrogen-bond donors (Lipinski definition) is 0. The van der Waals surface area contributed by atoms with Crippen LogP contribution in [0.3, 0.4) is 0 Å². The van der Waals surface area contributed by atoms with Crippen molar-refractivity contribution < 1.29 is 0 Å². The van der Waals surface area contributed by atoms with Gasteiger partial charge in [0, 0.05) is 0 Å². The number of hydrogen-bond acceptors (Lipinski definition) is 0. The van der Waals surface area contributed by atoms with Crippen molar-refractivity contribution in [3.8, 4) is 0 Å². The summed E-state index contributed by atoms with van der Waals surface area (Å²) in [4.78, 5) is 0. The van der Waals surface area contributed by atoms with E-state index in [0.29, 0.717) is 5.54 Å². The lowest BCUT2D eigenvalue weighted by atomic mass is 9.90. The van der Waals surface area contributed by atoms with Crippen molar-refractivity contribution in [1.82, 2.24) is 0 Å². The van der Waals surface area contributed by atoms with Crippen LogP contribution >= 0.6 is 22.2 Å². The molecule has 14 heavy (non-hydrogen) atoms. The highest BCUT2D eigenvalue weighted by Gasteiger charge is 2.51. The van der Waals surface area contributed by atoms with E-state index in [1.807, 2.05) is 0 Å². The Morgan fingerprint density at radius 1 is 1.21 bits per heavy atom. The summed E-state index contributed by atoms with van der Waals surface area (Å²) in [5.74, 6) is 0. The van der Waals surface area contributed by atoms with Crippen LogP contribution in [0, 0.1) is 0 Å². The van der Waals surface area contributed by atoms with E-state index in [1.54, 1.807) is 0 Å². The first-order chi connectivity index (χ1) is 6.44. The topological polar surface area (TPSA) is 0 Å². The molecule has 1 aliphatic rings. The van der Waals surface area contributed by atoms with Crippen LogP contribution in [-0.4, -0.2) is 6.69 Å². The Bertz CT molecular complexity index is 183. The fourth-order valence-corrected chi connectivity index (χ4v) is 7.30. The lowest BCUT2D eigenvalue weighted by molar-refractivity contribution is 0.391. The van der Waals surface area contributed by atoms with Gasteiger partial charge in [0.2, 0.25) is 0 Å². The molecule has 1 fully saturated rings. The fraction of sp³-hybridized carbons (Fsp3) is 1.00. The van der Waals surface area contributed by atoms with Crippen LogP contribution in [0.5, 0.6) is 0 Å². The molecule has 1 aliphatic carbocycles. The van der Waals surface area contributed by atoms with Crippen molar-refractivity contribution in [1.29, 1.82) is 0 Å². The normalized spacial score (nSPS) is 24.6. The molecule has 0 aliphatic heterocycles. The molecule has 0 bridgehead atoms. The second-order valence-electron chi connectivity index (χ2n) is 5.05. The molecule has 0 heterocycles. The molecule has 1 unspecified atom stereocenters. The summed E-state index contributed by atoms with van der Waals surface area (Å²) in [7, 11) is 0. The summed E-state index contributed by atoms with van der Waals surface area (Å²) >= 11 is 13.4. The highest BCUT2D eigenvalue weighted by atomic mass is 35.7. The van der Waals surface area contributed by atoms with Gasteiger partial charge in [0.25, 0.3) is 6.69 Å². The zero-order valence-electron chi connectivity index (χ0n) is 9.58. The van der Waals surface area contributed by atoms with E-state index in [2.05, 4.69) is 20.8 Å². The third kappa shape index (κ3) is 2.30. The van der Waals surface area contributed by atoms with Gasteiger partial charge >= 0.3 is 0 Å². The Kier molecular flexibility index (Phi) is 4.37. The van der Waals surface area contributed by atoms with Gasteiger partial charge < -0.3 is 0 Å². The lowest BCUT2D eigenvalue weighted by Gasteiger charge is -2.44. The molecule has 0 amide bonds. The third-order valence-corrected chi connectivity index (χ3v) is 12.7. The molecule has 0 aromatic rings. The molecule has 1 saturated carbocycles. The first-order valence-electron chi connectivity index (χ1n) is 5.82. The van der Waals surface area contributed by atoms with Crippen LogP contribution in [0.1, 0.15) is 59.3 Å². The minimum atomic E-state index is -2.09. The van der Waals surface area contributed by atoms with E-state index in [0.717, 1.165) is 6.42 Å². The maximum Gasteiger partial charge on any atom is 0.259 e. The molecule has 0 aromatic carbocycles. The predicted molar refractivity (Wildman–Crippen MR) is 68.6 cm³/mol. The molecule has 0 N–H and O–H groups in total. The summed E-state index contributed by atoms with van der Waals surface area (Å²) in [6.45, 7) is 4.66. The van der Waals surface area contributed by atoms with Crippen LogP contribution < -0.4 is 0 Å². The summed E-state index contributed by atoms with van der Waals surface area (Å²) in [6.07, 6.45) is 7.62. The van der Waals surface area contributed by atoms with Crippen LogP contribution in [0.2, 0.25) is 10.6 Å². The molecular formula is C11H22Cl2Si. The number of halogens is 2. The average Bonchev–Trinajstić information content (AvgIpc) is 2.17. The second kappa shape index (κ2) is 4.76. The zero-order valence-corrected chi connectivity index (χ0v) is 12.1. The molecule has 0 nitrogen and oxygen atoms in total. The maximum atomic E-state index is 6.71. The van der Waals surface area contributed by atoms with Crippen molar-refractivity contribution in [2.45, 2.75) is 69.9 Å².